The Morgan fingerprint density at radius 1 is 1.13 bits per heavy atom. The maximum Gasteiger partial charge on any atom is 0.407 e. The second-order valence-electron chi connectivity index (χ2n) is 9.83. The second-order valence-corrected chi connectivity index (χ2v) is 9.83. The van der Waals surface area contributed by atoms with Gasteiger partial charge in [0.15, 0.2) is 0 Å². The Hall–Kier alpha value is -4.42. The molecule has 0 fully saturated rings. The molecule has 0 aliphatic heterocycles. The molecule has 0 aliphatic carbocycles. The molecule has 3 amide bonds. The number of nitrogens with zero attached hydrogens (tertiary/aromatic N) is 2. The smallest absolute Gasteiger partial charge is 0.407 e. The minimum absolute atomic E-state index is 0.0799. The number of hydrogen-bond donors (Lipinski definition) is 3. The molecule has 0 saturated carbocycles. The second kappa shape index (κ2) is 13.9. The lowest BCUT2D eigenvalue weighted by atomic mass is 10.1. The van der Waals surface area contributed by atoms with Gasteiger partial charge in [-0.25, -0.2) is 14.4 Å². The van der Waals surface area contributed by atoms with Crippen LogP contribution in [0.2, 0.25) is 0 Å². The van der Waals surface area contributed by atoms with Gasteiger partial charge in [-0.3, -0.25) is 23.9 Å². The molecular weight excluding hydrogens is 510 g/mol. The molecule has 39 heavy (non-hydrogen) atoms. The summed E-state index contributed by atoms with van der Waals surface area (Å²) < 4.78 is 11.6. The van der Waals surface area contributed by atoms with Crippen molar-refractivity contribution in [3.8, 4) is 0 Å². The van der Waals surface area contributed by atoms with Gasteiger partial charge in [0.1, 0.15) is 24.8 Å². The minimum atomic E-state index is -1.26. The number of nitrogens with one attached hydrogen (secondary N) is 2. The van der Waals surface area contributed by atoms with Crippen LogP contribution in [0.15, 0.2) is 46.1 Å². The summed E-state index contributed by atoms with van der Waals surface area (Å²) >= 11 is 0. The number of alkyl carbamates (subject to hydrolysis) is 1. The Balaban J connectivity index is 2.31. The number of carbonyl (C=O) groups is 4. The Kier molecular flexibility index (Phi) is 11.0. The zero-order valence-electron chi connectivity index (χ0n) is 22.5. The molecule has 0 saturated heterocycles. The standard InChI is InChI=1S/C26H35N5O8/c1-17-14-30(24(36)29-22(17)34)15-21(33)31(13-12-28-25(37)39-26(2,3)4)19(10-11-20(27)32)23(35)38-16-18-8-6-5-7-9-18/h5-9,14,19H,10-13,15-16H2,1-4H3,(H2,27,32)(H,28,37)(H,29,34,36)/t19-/m0/s1. The summed E-state index contributed by atoms with van der Waals surface area (Å²) in [6.07, 6.45) is 0.109. The van der Waals surface area contributed by atoms with Crippen molar-refractivity contribution in [1.82, 2.24) is 19.8 Å². The van der Waals surface area contributed by atoms with Gasteiger partial charge in [0.2, 0.25) is 11.8 Å². The van der Waals surface area contributed by atoms with Crippen LogP contribution in [0, 0.1) is 6.92 Å². The van der Waals surface area contributed by atoms with E-state index in [0.29, 0.717) is 5.56 Å². The molecule has 0 aliphatic rings. The summed E-state index contributed by atoms with van der Waals surface area (Å²) in [5, 5.41) is 2.52. The summed E-state index contributed by atoms with van der Waals surface area (Å²) in [4.78, 5) is 77.5. The van der Waals surface area contributed by atoms with Gasteiger partial charge in [0.05, 0.1) is 0 Å². The van der Waals surface area contributed by atoms with Crippen molar-refractivity contribution in [3.63, 3.8) is 0 Å². The van der Waals surface area contributed by atoms with Crippen molar-refractivity contribution in [2.45, 2.75) is 65.3 Å². The van der Waals surface area contributed by atoms with Crippen LogP contribution in [0.25, 0.3) is 0 Å². The fraction of sp³-hybridized carbons (Fsp3) is 0.462. The number of aromatic nitrogens is 2. The topological polar surface area (TPSA) is 183 Å². The highest BCUT2D eigenvalue weighted by Gasteiger charge is 2.32. The van der Waals surface area contributed by atoms with Crippen molar-refractivity contribution in [1.29, 1.82) is 0 Å². The largest absolute Gasteiger partial charge is 0.459 e. The number of hydrogen-bond acceptors (Lipinski definition) is 8. The predicted octanol–water partition coefficient (Wildman–Crippen LogP) is 0.576. The van der Waals surface area contributed by atoms with Crippen molar-refractivity contribution in [2.24, 2.45) is 5.73 Å². The van der Waals surface area contributed by atoms with E-state index in [-0.39, 0.29) is 38.1 Å². The number of ether oxygens (including phenoxy) is 2. The number of rotatable bonds is 12. The van der Waals surface area contributed by atoms with Gasteiger partial charge in [-0.05, 0) is 39.7 Å². The molecule has 0 unspecified atom stereocenters. The molecule has 212 valence electrons. The fourth-order valence-corrected chi connectivity index (χ4v) is 3.52. The van der Waals surface area contributed by atoms with Crippen LogP contribution in [0.5, 0.6) is 0 Å². The lowest BCUT2D eigenvalue weighted by Crippen LogP contribution is -2.51. The molecule has 0 spiro atoms. The van der Waals surface area contributed by atoms with E-state index < -0.39 is 53.3 Å². The van der Waals surface area contributed by atoms with E-state index in [2.05, 4.69) is 10.3 Å². The van der Waals surface area contributed by atoms with Crippen LogP contribution in [0.1, 0.15) is 44.7 Å². The fourth-order valence-electron chi connectivity index (χ4n) is 3.52. The van der Waals surface area contributed by atoms with Crippen molar-refractivity contribution < 1.29 is 28.7 Å². The number of aryl methyl sites for hydroxylation is 1. The third kappa shape index (κ3) is 10.5. The first kappa shape index (κ1) is 30.8. The highest BCUT2D eigenvalue weighted by atomic mass is 16.6. The summed E-state index contributed by atoms with van der Waals surface area (Å²) in [5.74, 6) is -2.18. The zero-order valence-corrected chi connectivity index (χ0v) is 22.5. The Morgan fingerprint density at radius 3 is 2.41 bits per heavy atom. The molecule has 13 heteroatoms. The van der Waals surface area contributed by atoms with Gasteiger partial charge in [0.25, 0.3) is 5.56 Å². The first-order valence-electron chi connectivity index (χ1n) is 12.3. The highest BCUT2D eigenvalue weighted by molar-refractivity contribution is 5.85. The van der Waals surface area contributed by atoms with Gasteiger partial charge in [0, 0.05) is 31.3 Å². The molecule has 4 N–H and O–H groups in total. The molecule has 1 heterocycles. The normalized spacial score (nSPS) is 11.8. The van der Waals surface area contributed by atoms with Crippen molar-refractivity contribution in [2.75, 3.05) is 13.1 Å². The van der Waals surface area contributed by atoms with E-state index in [1.165, 1.54) is 13.1 Å². The lowest BCUT2D eigenvalue weighted by molar-refractivity contribution is -0.157. The Morgan fingerprint density at radius 2 is 1.79 bits per heavy atom. The number of primary amides is 1. The quantitative estimate of drug-likeness (QED) is 0.323. The summed E-state index contributed by atoms with van der Waals surface area (Å²) in [7, 11) is 0. The van der Waals surface area contributed by atoms with Crippen molar-refractivity contribution in [3.05, 3.63) is 68.5 Å². The van der Waals surface area contributed by atoms with E-state index in [4.69, 9.17) is 15.2 Å². The zero-order chi connectivity index (χ0) is 29.2. The summed E-state index contributed by atoms with van der Waals surface area (Å²) in [6.45, 7) is 5.64. The molecule has 1 atom stereocenters. The molecule has 1 aromatic carbocycles. The number of amides is 3. The van der Waals surface area contributed by atoms with E-state index in [1.54, 1.807) is 51.1 Å². The van der Waals surface area contributed by atoms with Crippen molar-refractivity contribution >= 4 is 23.9 Å². The van der Waals surface area contributed by atoms with Gasteiger partial charge in [-0.1, -0.05) is 30.3 Å². The average molecular weight is 546 g/mol. The number of carbonyl (C=O) groups excluding carboxylic acids is 4. The molecule has 2 aromatic rings. The number of H-pyrrole nitrogens is 1. The number of nitrogens with two attached hydrogens (primary N) is 1. The van der Waals surface area contributed by atoms with Crippen LogP contribution in [-0.2, 0) is 37.0 Å². The third-order valence-electron chi connectivity index (χ3n) is 5.37. The van der Waals surface area contributed by atoms with Crippen LogP contribution in [0.3, 0.4) is 0 Å². The summed E-state index contributed by atoms with van der Waals surface area (Å²) in [6, 6.07) is 7.61. The molecule has 0 bridgehead atoms. The van der Waals surface area contributed by atoms with E-state index in [9.17, 15) is 28.8 Å². The first-order chi connectivity index (χ1) is 18.3. The molecule has 0 radical (unpaired) electrons. The van der Waals surface area contributed by atoms with E-state index >= 15 is 0 Å². The van der Waals surface area contributed by atoms with Crippen LogP contribution in [0.4, 0.5) is 4.79 Å². The molecule has 13 nitrogen and oxygen atoms in total. The minimum Gasteiger partial charge on any atom is -0.459 e. The molecule has 1 aromatic heterocycles. The van der Waals surface area contributed by atoms with Crippen LogP contribution < -0.4 is 22.3 Å². The number of aromatic amines is 1. The molecular formula is C26H35N5O8. The number of benzene rings is 1. The maximum absolute atomic E-state index is 13.4. The van der Waals surface area contributed by atoms with Crippen LogP contribution in [-0.4, -0.2) is 63.1 Å². The maximum atomic E-state index is 13.4. The SMILES string of the molecule is Cc1cn(CC(=O)N(CCNC(=O)OC(C)(C)C)[C@@H](CCC(N)=O)C(=O)OCc2ccccc2)c(=O)[nH]c1=O. The van der Waals surface area contributed by atoms with Gasteiger partial charge >= 0.3 is 17.8 Å². The Bertz CT molecular complexity index is 1280. The number of esters is 1. The summed E-state index contributed by atoms with van der Waals surface area (Å²) in [5.41, 5.74) is 4.06. The van der Waals surface area contributed by atoms with E-state index in [0.717, 1.165) is 9.47 Å². The lowest BCUT2D eigenvalue weighted by Gasteiger charge is -2.31. The molecule has 2 rings (SSSR count). The highest BCUT2D eigenvalue weighted by Crippen LogP contribution is 2.13. The Labute approximate surface area is 225 Å². The van der Waals surface area contributed by atoms with Crippen LogP contribution >= 0.6 is 0 Å². The third-order valence-corrected chi connectivity index (χ3v) is 5.37. The monoisotopic (exact) mass is 545 g/mol. The average Bonchev–Trinajstić information content (AvgIpc) is 2.84. The van der Waals surface area contributed by atoms with Gasteiger partial charge in [-0.15, -0.1) is 0 Å². The first-order valence-corrected chi connectivity index (χ1v) is 12.3. The predicted molar refractivity (Wildman–Crippen MR) is 140 cm³/mol. The van der Waals surface area contributed by atoms with Gasteiger partial charge < -0.3 is 25.4 Å². The van der Waals surface area contributed by atoms with Gasteiger partial charge in [-0.2, -0.15) is 0 Å². The van der Waals surface area contributed by atoms with E-state index in [1.807, 2.05) is 0 Å².